The van der Waals surface area contributed by atoms with Crippen LogP contribution in [0.3, 0.4) is 0 Å². The molecule has 0 saturated carbocycles. The van der Waals surface area contributed by atoms with Crippen molar-refractivity contribution in [2.24, 2.45) is 11.3 Å². The number of rotatable bonds is 3. The van der Waals surface area contributed by atoms with E-state index in [-0.39, 0.29) is 23.5 Å². The molecule has 3 fully saturated rings. The molecule has 3 heterocycles. The second-order valence-corrected chi connectivity index (χ2v) is 8.13. The minimum Gasteiger partial charge on any atom is -0.381 e. The van der Waals surface area contributed by atoms with Crippen molar-refractivity contribution >= 4 is 11.8 Å². The normalized spacial score (nSPS) is 26.8. The maximum absolute atomic E-state index is 13.3. The van der Waals surface area contributed by atoms with Crippen LogP contribution in [0.2, 0.25) is 0 Å². The quantitative estimate of drug-likeness (QED) is 0.817. The Balaban J connectivity index is 1.42. The van der Waals surface area contributed by atoms with Gasteiger partial charge in [-0.05, 0) is 49.8 Å². The zero-order valence-corrected chi connectivity index (χ0v) is 15.7. The minimum absolute atomic E-state index is 0.0444. The van der Waals surface area contributed by atoms with E-state index in [0.29, 0.717) is 32.8 Å². The lowest BCUT2D eigenvalue weighted by Crippen LogP contribution is -2.50. The summed E-state index contributed by atoms with van der Waals surface area (Å²) in [7, 11) is 0. The Morgan fingerprint density at radius 1 is 1.15 bits per heavy atom. The van der Waals surface area contributed by atoms with E-state index in [4.69, 9.17) is 4.74 Å². The number of amides is 2. The largest absolute Gasteiger partial charge is 0.381 e. The van der Waals surface area contributed by atoms with E-state index in [1.165, 1.54) is 12.1 Å². The molecule has 0 radical (unpaired) electrons. The molecule has 1 atom stereocenters. The van der Waals surface area contributed by atoms with E-state index in [1.807, 2.05) is 9.80 Å². The minimum atomic E-state index is -0.431. The molecule has 0 N–H and O–H groups in total. The second-order valence-electron chi connectivity index (χ2n) is 8.13. The van der Waals surface area contributed by atoms with Gasteiger partial charge in [-0.15, -0.1) is 0 Å². The second kappa shape index (κ2) is 7.58. The van der Waals surface area contributed by atoms with Crippen LogP contribution in [0.15, 0.2) is 24.3 Å². The van der Waals surface area contributed by atoms with Crippen LogP contribution in [-0.2, 0) is 20.9 Å². The van der Waals surface area contributed by atoms with Crippen molar-refractivity contribution in [3.63, 3.8) is 0 Å². The number of carbonyl (C=O) groups is 2. The molecule has 6 heteroatoms. The molecule has 1 aromatic rings. The van der Waals surface area contributed by atoms with E-state index in [2.05, 4.69) is 0 Å². The molecule has 4 rings (SSSR count). The Hall–Kier alpha value is -1.95. The molecule has 1 spiro atoms. The topological polar surface area (TPSA) is 49.9 Å². The summed E-state index contributed by atoms with van der Waals surface area (Å²) in [5, 5.41) is 0. The highest BCUT2D eigenvalue weighted by Gasteiger charge is 2.49. The molecule has 5 nitrogen and oxygen atoms in total. The summed E-state index contributed by atoms with van der Waals surface area (Å²) in [6.45, 7) is 3.76. The van der Waals surface area contributed by atoms with Gasteiger partial charge in [-0.25, -0.2) is 4.39 Å². The average Bonchev–Trinajstić information content (AvgIpc) is 3.12. The lowest BCUT2D eigenvalue weighted by atomic mass is 9.78. The molecule has 0 aliphatic carbocycles. The van der Waals surface area contributed by atoms with Crippen molar-refractivity contribution in [2.75, 3.05) is 32.8 Å². The van der Waals surface area contributed by atoms with Gasteiger partial charge in [-0.3, -0.25) is 9.59 Å². The standard InChI is InChI=1S/C21H27FN2O3/c22-18-4-2-16(3-5-18)14-23-10-1-8-21(20(23)26)9-11-24(15-21)19(25)17-6-12-27-13-7-17/h2-5,17H,1,6-15H2. The first-order valence-electron chi connectivity index (χ1n) is 9.98. The Morgan fingerprint density at radius 3 is 2.63 bits per heavy atom. The fourth-order valence-corrected chi connectivity index (χ4v) is 4.76. The fraction of sp³-hybridized carbons (Fsp3) is 0.619. The van der Waals surface area contributed by atoms with Gasteiger partial charge in [0.05, 0.1) is 5.41 Å². The predicted octanol–water partition coefficient (Wildman–Crippen LogP) is 2.59. The van der Waals surface area contributed by atoms with E-state index in [9.17, 15) is 14.0 Å². The van der Waals surface area contributed by atoms with Gasteiger partial charge < -0.3 is 14.5 Å². The first-order chi connectivity index (χ1) is 13.1. The molecule has 2 amide bonds. The molecule has 1 unspecified atom stereocenters. The zero-order valence-electron chi connectivity index (χ0n) is 15.7. The average molecular weight is 374 g/mol. The van der Waals surface area contributed by atoms with Crippen molar-refractivity contribution in [1.29, 1.82) is 0 Å². The number of nitrogens with zero attached hydrogens (tertiary/aromatic N) is 2. The van der Waals surface area contributed by atoms with Crippen LogP contribution in [0.4, 0.5) is 4.39 Å². The molecule has 1 aromatic carbocycles. The summed E-state index contributed by atoms with van der Waals surface area (Å²) in [6, 6.07) is 6.34. The summed E-state index contributed by atoms with van der Waals surface area (Å²) in [5.74, 6) is 0.125. The highest BCUT2D eigenvalue weighted by molar-refractivity contribution is 5.86. The maximum atomic E-state index is 13.3. The number of hydrogen-bond acceptors (Lipinski definition) is 3. The van der Waals surface area contributed by atoms with Crippen LogP contribution in [0, 0.1) is 17.2 Å². The summed E-state index contributed by atoms with van der Waals surface area (Å²) >= 11 is 0. The first-order valence-corrected chi connectivity index (χ1v) is 9.98. The summed E-state index contributed by atoms with van der Waals surface area (Å²) < 4.78 is 18.5. The molecule has 0 aromatic heterocycles. The fourth-order valence-electron chi connectivity index (χ4n) is 4.76. The molecule has 3 aliphatic rings. The van der Waals surface area contributed by atoms with Crippen LogP contribution in [-0.4, -0.2) is 54.5 Å². The third-order valence-electron chi connectivity index (χ3n) is 6.35. The molecule has 27 heavy (non-hydrogen) atoms. The van der Waals surface area contributed by atoms with Crippen LogP contribution in [0.1, 0.15) is 37.7 Å². The van der Waals surface area contributed by atoms with Crippen molar-refractivity contribution in [2.45, 2.75) is 38.6 Å². The molecule has 146 valence electrons. The van der Waals surface area contributed by atoms with Gasteiger partial charge >= 0.3 is 0 Å². The van der Waals surface area contributed by atoms with Crippen LogP contribution < -0.4 is 0 Å². The Bertz CT molecular complexity index is 702. The van der Waals surface area contributed by atoms with E-state index in [1.54, 1.807) is 12.1 Å². The van der Waals surface area contributed by atoms with Crippen LogP contribution >= 0.6 is 0 Å². The van der Waals surface area contributed by atoms with E-state index >= 15 is 0 Å². The first kappa shape index (κ1) is 18.4. The van der Waals surface area contributed by atoms with Crippen molar-refractivity contribution in [3.05, 3.63) is 35.6 Å². The monoisotopic (exact) mass is 374 g/mol. The summed E-state index contributed by atoms with van der Waals surface area (Å²) in [6.07, 6.45) is 4.12. The Morgan fingerprint density at radius 2 is 1.89 bits per heavy atom. The van der Waals surface area contributed by atoms with E-state index in [0.717, 1.165) is 44.2 Å². The van der Waals surface area contributed by atoms with Crippen molar-refractivity contribution in [1.82, 2.24) is 9.80 Å². The van der Waals surface area contributed by atoms with Crippen molar-refractivity contribution < 1.29 is 18.7 Å². The van der Waals surface area contributed by atoms with Gasteiger partial charge in [0.1, 0.15) is 5.82 Å². The number of carbonyl (C=O) groups excluding carboxylic acids is 2. The molecule has 3 aliphatic heterocycles. The van der Waals surface area contributed by atoms with Gasteiger partial charge in [0, 0.05) is 45.3 Å². The maximum Gasteiger partial charge on any atom is 0.230 e. The van der Waals surface area contributed by atoms with Crippen LogP contribution in [0.5, 0.6) is 0 Å². The number of benzene rings is 1. The SMILES string of the molecule is O=C(C1CCOCC1)N1CCC2(CCCN(Cc3ccc(F)cc3)C2=O)C1. The highest BCUT2D eigenvalue weighted by Crippen LogP contribution is 2.41. The summed E-state index contributed by atoms with van der Waals surface area (Å²) in [4.78, 5) is 29.9. The third-order valence-corrected chi connectivity index (χ3v) is 6.35. The van der Waals surface area contributed by atoms with Gasteiger partial charge in [-0.1, -0.05) is 12.1 Å². The molecule has 3 saturated heterocycles. The smallest absolute Gasteiger partial charge is 0.230 e. The predicted molar refractivity (Wildman–Crippen MR) is 98.2 cm³/mol. The van der Waals surface area contributed by atoms with Gasteiger partial charge in [-0.2, -0.15) is 0 Å². The van der Waals surface area contributed by atoms with Gasteiger partial charge in [0.2, 0.25) is 11.8 Å². The number of halogens is 1. The lowest BCUT2D eigenvalue weighted by Gasteiger charge is -2.39. The molecular weight excluding hydrogens is 347 g/mol. The highest BCUT2D eigenvalue weighted by atomic mass is 19.1. The van der Waals surface area contributed by atoms with Gasteiger partial charge in [0.15, 0.2) is 0 Å². The zero-order chi connectivity index (χ0) is 18.9. The third kappa shape index (κ3) is 3.72. The number of piperidine rings is 1. The number of likely N-dealkylation sites (tertiary alicyclic amines) is 2. The number of ether oxygens (including phenoxy) is 1. The Labute approximate surface area is 159 Å². The van der Waals surface area contributed by atoms with Crippen LogP contribution in [0.25, 0.3) is 0 Å². The summed E-state index contributed by atoms with van der Waals surface area (Å²) in [5.41, 5.74) is 0.508. The Kier molecular flexibility index (Phi) is 5.17. The van der Waals surface area contributed by atoms with E-state index < -0.39 is 5.41 Å². The molecular formula is C21H27FN2O3. The lowest BCUT2D eigenvalue weighted by molar-refractivity contribution is -0.147. The molecule has 0 bridgehead atoms. The number of hydrogen-bond donors (Lipinski definition) is 0. The van der Waals surface area contributed by atoms with Crippen molar-refractivity contribution in [3.8, 4) is 0 Å². The van der Waals surface area contributed by atoms with Gasteiger partial charge in [0.25, 0.3) is 0 Å².